The Morgan fingerprint density at radius 1 is 1.07 bits per heavy atom. The monoisotopic (exact) mass is 371 g/mol. The summed E-state index contributed by atoms with van der Waals surface area (Å²) in [5.41, 5.74) is 3.55. The average Bonchev–Trinajstić information content (AvgIpc) is 3.41. The molecule has 0 unspecified atom stereocenters. The highest BCUT2D eigenvalue weighted by Gasteiger charge is 2.29. The zero-order valence-electron chi connectivity index (χ0n) is 15.5. The molecule has 140 valence electrons. The van der Waals surface area contributed by atoms with Gasteiger partial charge < -0.3 is 9.88 Å². The molecule has 1 fully saturated rings. The Hall–Kier alpha value is -3.41. The summed E-state index contributed by atoms with van der Waals surface area (Å²) in [4.78, 5) is 27.6. The minimum Gasteiger partial charge on any atom is -0.342 e. The Labute approximate surface area is 162 Å². The van der Waals surface area contributed by atoms with Gasteiger partial charge in [-0.1, -0.05) is 30.3 Å². The third-order valence-corrected chi connectivity index (χ3v) is 5.39. The predicted octanol–water partition coefficient (Wildman–Crippen LogP) is 3.77. The fourth-order valence-electron chi connectivity index (χ4n) is 3.96. The smallest absolute Gasteiger partial charge is 0.272 e. The van der Waals surface area contributed by atoms with Gasteiger partial charge in [0, 0.05) is 24.7 Å². The molecule has 1 atom stereocenters. The molecule has 1 saturated heterocycles. The molecule has 1 N–H and O–H groups in total. The molecule has 2 aromatic carbocycles. The molecule has 0 aliphatic carbocycles. The van der Waals surface area contributed by atoms with Crippen LogP contribution in [0.1, 0.15) is 35.1 Å². The van der Waals surface area contributed by atoms with Gasteiger partial charge in [0.25, 0.3) is 5.91 Å². The van der Waals surface area contributed by atoms with Gasteiger partial charge in [0.05, 0.1) is 23.6 Å². The second-order valence-electron chi connectivity index (χ2n) is 7.21. The maximum absolute atomic E-state index is 13.2. The maximum Gasteiger partial charge on any atom is 0.272 e. The molecule has 0 bridgehead atoms. The molecule has 1 amide bonds. The van der Waals surface area contributed by atoms with E-state index in [4.69, 9.17) is 4.98 Å². The van der Waals surface area contributed by atoms with Gasteiger partial charge in [0.15, 0.2) is 0 Å². The first-order valence-electron chi connectivity index (χ1n) is 9.61. The van der Waals surface area contributed by atoms with Gasteiger partial charge in [0.1, 0.15) is 11.5 Å². The van der Waals surface area contributed by atoms with Crippen molar-refractivity contribution >= 4 is 16.9 Å². The van der Waals surface area contributed by atoms with E-state index < -0.39 is 0 Å². The van der Waals surface area contributed by atoms with Crippen LogP contribution in [0.5, 0.6) is 0 Å². The Morgan fingerprint density at radius 3 is 2.75 bits per heavy atom. The number of nitrogens with zero attached hydrogens (tertiary/aromatic N) is 4. The van der Waals surface area contributed by atoms with Crippen molar-refractivity contribution < 1.29 is 4.79 Å². The van der Waals surface area contributed by atoms with E-state index in [0.29, 0.717) is 12.2 Å². The van der Waals surface area contributed by atoms with Crippen LogP contribution in [0.3, 0.4) is 0 Å². The number of aromatic amines is 1. The molecule has 0 radical (unpaired) electrons. The van der Waals surface area contributed by atoms with Crippen molar-refractivity contribution in [2.75, 3.05) is 13.1 Å². The minimum atomic E-state index is 0.0159. The summed E-state index contributed by atoms with van der Waals surface area (Å²) in [6.45, 7) is 1.42. The summed E-state index contributed by atoms with van der Waals surface area (Å²) in [5, 5.41) is 0. The van der Waals surface area contributed by atoms with E-state index in [1.54, 1.807) is 12.5 Å². The molecule has 1 aliphatic heterocycles. The quantitative estimate of drug-likeness (QED) is 0.596. The molecular weight excluding hydrogens is 350 g/mol. The SMILES string of the molecule is O=C(c1cncn1-c1ccccc1)N1CCC[C@H](c2nc3ccccc3[nH]2)C1. The standard InChI is InChI=1S/C22H21N5O/c28-22(20-13-23-15-27(20)17-8-2-1-3-9-17)26-12-6-7-16(14-26)21-24-18-10-4-5-11-19(18)25-21/h1-5,8-11,13,15-16H,6-7,12,14H2,(H,24,25)/t16-/m0/s1. The first-order chi connectivity index (χ1) is 13.8. The van der Waals surface area contributed by atoms with E-state index in [9.17, 15) is 4.79 Å². The van der Waals surface area contributed by atoms with Crippen LogP contribution in [0.4, 0.5) is 0 Å². The van der Waals surface area contributed by atoms with Gasteiger partial charge >= 0.3 is 0 Å². The van der Waals surface area contributed by atoms with E-state index in [1.165, 1.54) is 0 Å². The summed E-state index contributed by atoms with van der Waals surface area (Å²) in [7, 11) is 0. The third kappa shape index (κ3) is 2.97. The molecule has 1 aliphatic rings. The number of amides is 1. The largest absolute Gasteiger partial charge is 0.342 e. The van der Waals surface area contributed by atoms with Gasteiger partial charge in [-0.2, -0.15) is 0 Å². The molecule has 2 aromatic heterocycles. The fraction of sp³-hybridized carbons (Fsp3) is 0.227. The summed E-state index contributed by atoms with van der Waals surface area (Å²) < 4.78 is 1.85. The number of rotatable bonds is 3. The van der Waals surface area contributed by atoms with Crippen LogP contribution in [-0.2, 0) is 0 Å². The first-order valence-corrected chi connectivity index (χ1v) is 9.61. The van der Waals surface area contributed by atoms with Crippen molar-refractivity contribution in [3.63, 3.8) is 0 Å². The molecule has 4 aromatic rings. The number of para-hydroxylation sites is 3. The lowest BCUT2D eigenvalue weighted by Gasteiger charge is -2.32. The summed E-state index contributed by atoms with van der Waals surface area (Å²) in [6, 6.07) is 17.9. The number of hydrogen-bond donors (Lipinski definition) is 1. The molecule has 3 heterocycles. The molecule has 0 spiro atoms. The fourth-order valence-corrected chi connectivity index (χ4v) is 3.96. The Bertz CT molecular complexity index is 1080. The minimum absolute atomic E-state index is 0.0159. The lowest BCUT2D eigenvalue weighted by molar-refractivity contribution is 0.0696. The van der Waals surface area contributed by atoms with E-state index in [1.807, 2.05) is 64.1 Å². The van der Waals surface area contributed by atoms with Gasteiger partial charge in [-0.15, -0.1) is 0 Å². The maximum atomic E-state index is 13.2. The van der Waals surface area contributed by atoms with E-state index in [0.717, 1.165) is 41.9 Å². The molecule has 28 heavy (non-hydrogen) atoms. The van der Waals surface area contributed by atoms with Crippen molar-refractivity contribution in [3.05, 3.63) is 78.6 Å². The van der Waals surface area contributed by atoms with Crippen molar-refractivity contribution in [2.24, 2.45) is 0 Å². The van der Waals surface area contributed by atoms with Crippen LogP contribution in [0.25, 0.3) is 16.7 Å². The Balaban J connectivity index is 1.40. The molecule has 5 rings (SSSR count). The highest BCUT2D eigenvalue weighted by molar-refractivity contribution is 5.93. The number of fused-ring (bicyclic) bond motifs is 1. The van der Waals surface area contributed by atoms with E-state index in [-0.39, 0.29) is 11.8 Å². The third-order valence-electron chi connectivity index (χ3n) is 5.39. The topological polar surface area (TPSA) is 66.8 Å². The number of piperidine rings is 1. The number of carbonyl (C=O) groups is 1. The van der Waals surface area contributed by atoms with Crippen LogP contribution >= 0.6 is 0 Å². The van der Waals surface area contributed by atoms with Crippen molar-refractivity contribution in [1.82, 2.24) is 24.4 Å². The number of imidazole rings is 2. The van der Waals surface area contributed by atoms with Gasteiger partial charge in [-0.3, -0.25) is 9.36 Å². The summed E-state index contributed by atoms with van der Waals surface area (Å²) in [6.07, 6.45) is 5.35. The summed E-state index contributed by atoms with van der Waals surface area (Å²) >= 11 is 0. The highest BCUT2D eigenvalue weighted by atomic mass is 16.2. The normalized spacial score (nSPS) is 17.1. The van der Waals surface area contributed by atoms with Crippen LogP contribution in [-0.4, -0.2) is 43.4 Å². The molecule has 0 saturated carbocycles. The molecule has 6 nitrogen and oxygen atoms in total. The number of likely N-dealkylation sites (tertiary alicyclic amines) is 1. The number of nitrogens with one attached hydrogen (secondary N) is 1. The predicted molar refractivity (Wildman–Crippen MR) is 108 cm³/mol. The molecular formula is C22H21N5O. The molecule has 6 heteroatoms. The summed E-state index contributed by atoms with van der Waals surface area (Å²) in [5.74, 6) is 1.20. The number of hydrogen-bond acceptors (Lipinski definition) is 3. The van der Waals surface area contributed by atoms with Crippen molar-refractivity contribution in [3.8, 4) is 5.69 Å². The average molecular weight is 371 g/mol. The van der Waals surface area contributed by atoms with E-state index in [2.05, 4.69) is 9.97 Å². The number of benzene rings is 2. The van der Waals surface area contributed by atoms with Crippen LogP contribution < -0.4 is 0 Å². The second-order valence-corrected chi connectivity index (χ2v) is 7.21. The lowest BCUT2D eigenvalue weighted by Crippen LogP contribution is -2.40. The van der Waals surface area contributed by atoms with Crippen LogP contribution in [0, 0.1) is 0 Å². The zero-order valence-corrected chi connectivity index (χ0v) is 15.5. The Kier molecular flexibility index (Phi) is 4.16. The highest BCUT2D eigenvalue weighted by Crippen LogP contribution is 2.28. The number of aromatic nitrogens is 4. The van der Waals surface area contributed by atoms with Crippen molar-refractivity contribution in [2.45, 2.75) is 18.8 Å². The van der Waals surface area contributed by atoms with Crippen LogP contribution in [0.2, 0.25) is 0 Å². The van der Waals surface area contributed by atoms with Crippen LogP contribution in [0.15, 0.2) is 67.1 Å². The Morgan fingerprint density at radius 2 is 1.89 bits per heavy atom. The zero-order chi connectivity index (χ0) is 18.9. The number of H-pyrrole nitrogens is 1. The first kappa shape index (κ1) is 16.7. The van der Waals surface area contributed by atoms with Gasteiger partial charge in [0.2, 0.25) is 0 Å². The van der Waals surface area contributed by atoms with Gasteiger partial charge in [-0.25, -0.2) is 9.97 Å². The van der Waals surface area contributed by atoms with Crippen molar-refractivity contribution in [1.29, 1.82) is 0 Å². The lowest BCUT2D eigenvalue weighted by atomic mass is 9.97. The number of carbonyl (C=O) groups excluding carboxylic acids is 1. The van der Waals surface area contributed by atoms with Gasteiger partial charge in [-0.05, 0) is 37.1 Å². The van der Waals surface area contributed by atoms with E-state index >= 15 is 0 Å². The second kappa shape index (κ2) is 6.96.